The van der Waals surface area contributed by atoms with Crippen LogP contribution in [0.15, 0.2) is 54.6 Å². The van der Waals surface area contributed by atoms with E-state index in [-0.39, 0.29) is 5.41 Å². The Balaban J connectivity index is 1.27. The van der Waals surface area contributed by atoms with Crippen LogP contribution >= 0.6 is 0 Å². The van der Waals surface area contributed by atoms with Crippen molar-refractivity contribution in [2.24, 2.45) is 29.6 Å². The predicted molar refractivity (Wildman–Crippen MR) is 167 cm³/mol. The zero-order valence-electron chi connectivity index (χ0n) is 25.3. The Morgan fingerprint density at radius 2 is 1.26 bits per heavy atom. The third kappa shape index (κ3) is 4.67. The average Bonchev–Trinajstić information content (AvgIpc) is 3.47. The molecule has 4 fully saturated rings. The van der Waals surface area contributed by atoms with E-state index >= 15 is 0 Å². The molecule has 0 spiro atoms. The molecular formula is C37H54Si. The zero-order valence-corrected chi connectivity index (χ0v) is 26.3. The van der Waals surface area contributed by atoms with Crippen molar-refractivity contribution in [1.82, 2.24) is 0 Å². The fraction of sp³-hybridized carbons (Fsp3) is 0.676. The molecule has 206 valence electrons. The molecule has 0 aromatic heterocycles. The van der Waals surface area contributed by atoms with Crippen LogP contribution in [0.25, 0.3) is 0 Å². The summed E-state index contributed by atoms with van der Waals surface area (Å²) in [5.74, 6) is 6.39. The Hall–Kier alpha value is -1.34. The summed E-state index contributed by atoms with van der Waals surface area (Å²) in [6.07, 6.45) is 13.3. The van der Waals surface area contributed by atoms with Crippen LogP contribution in [0.1, 0.15) is 114 Å². The van der Waals surface area contributed by atoms with Crippen molar-refractivity contribution in [3.05, 3.63) is 71.3 Å². The van der Waals surface area contributed by atoms with Gasteiger partial charge in [0.1, 0.15) is 0 Å². The first-order chi connectivity index (χ1) is 18.2. The van der Waals surface area contributed by atoms with Gasteiger partial charge in [0, 0.05) is 0 Å². The Morgan fingerprint density at radius 1 is 0.632 bits per heavy atom. The van der Waals surface area contributed by atoms with E-state index in [4.69, 9.17) is 0 Å². The molecule has 1 heteroatoms. The molecule has 9 atom stereocenters. The number of fused-ring (bicyclic) bond motifs is 2. The minimum atomic E-state index is -1.46. The molecule has 0 amide bonds. The molecule has 4 aliphatic rings. The van der Waals surface area contributed by atoms with Crippen LogP contribution in [0.5, 0.6) is 0 Å². The van der Waals surface area contributed by atoms with E-state index in [0.29, 0.717) is 0 Å². The van der Waals surface area contributed by atoms with E-state index in [0.717, 1.165) is 52.5 Å². The quantitative estimate of drug-likeness (QED) is 0.347. The largest absolute Gasteiger partial charge is 0.0689 e. The van der Waals surface area contributed by atoms with Gasteiger partial charge >= 0.3 is 0 Å². The van der Waals surface area contributed by atoms with Crippen molar-refractivity contribution in [2.45, 2.75) is 127 Å². The standard InChI is InChI=1S/C37H54Si/c1-25-23-34-29(27-19-21-28(22-20-27)37(2,3)4)17-12-18-32(34)36(25)38(5,6)35-24-33(26-13-8-7-9-14-26)30-15-10-11-16-31(30)35/h7-9,13-14,19-22,25,29-36H,10-12,15-18,23-24H2,1-6H3. The number of benzene rings is 2. The van der Waals surface area contributed by atoms with Crippen LogP contribution in [0.3, 0.4) is 0 Å². The van der Waals surface area contributed by atoms with Gasteiger partial charge in [0.25, 0.3) is 0 Å². The maximum absolute atomic E-state index is 2.88. The van der Waals surface area contributed by atoms with Gasteiger partial charge in [-0.15, -0.1) is 0 Å². The zero-order chi connectivity index (χ0) is 26.7. The van der Waals surface area contributed by atoms with E-state index in [1.807, 2.05) is 0 Å². The van der Waals surface area contributed by atoms with Crippen LogP contribution < -0.4 is 0 Å². The second-order valence-electron chi connectivity index (χ2n) is 15.8. The molecule has 2 aromatic rings. The van der Waals surface area contributed by atoms with Gasteiger partial charge < -0.3 is 0 Å². The first kappa shape index (κ1) is 26.9. The third-order valence-corrected chi connectivity index (χ3v) is 17.8. The maximum Gasteiger partial charge on any atom is 0.0544 e. The van der Waals surface area contributed by atoms with Gasteiger partial charge in [-0.25, -0.2) is 0 Å². The predicted octanol–water partition coefficient (Wildman–Crippen LogP) is 11.0. The summed E-state index contributed by atoms with van der Waals surface area (Å²) in [7, 11) is -1.46. The molecule has 0 heterocycles. The minimum absolute atomic E-state index is 0.242. The Labute approximate surface area is 235 Å². The molecule has 9 unspecified atom stereocenters. The van der Waals surface area contributed by atoms with Crippen molar-refractivity contribution in [3.8, 4) is 0 Å². The molecule has 0 aliphatic heterocycles. The van der Waals surface area contributed by atoms with E-state index in [2.05, 4.69) is 95.4 Å². The lowest BCUT2D eigenvalue weighted by Gasteiger charge is -2.47. The van der Waals surface area contributed by atoms with Crippen molar-refractivity contribution < 1.29 is 0 Å². The molecule has 38 heavy (non-hydrogen) atoms. The summed E-state index contributed by atoms with van der Waals surface area (Å²) in [4.78, 5) is 0. The van der Waals surface area contributed by atoms with E-state index in [1.165, 1.54) is 63.4 Å². The smallest absolute Gasteiger partial charge is 0.0544 e. The van der Waals surface area contributed by atoms with Gasteiger partial charge in [-0.2, -0.15) is 0 Å². The second kappa shape index (κ2) is 10.2. The summed E-state index contributed by atoms with van der Waals surface area (Å²) < 4.78 is 0. The van der Waals surface area contributed by atoms with E-state index < -0.39 is 8.07 Å². The van der Waals surface area contributed by atoms with E-state index in [1.54, 1.807) is 11.1 Å². The lowest BCUT2D eigenvalue weighted by atomic mass is 9.70. The van der Waals surface area contributed by atoms with Crippen molar-refractivity contribution >= 4 is 8.07 Å². The molecule has 0 saturated heterocycles. The second-order valence-corrected chi connectivity index (χ2v) is 20.8. The van der Waals surface area contributed by atoms with Crippen LogP contribution in [0.2, 0.25) is 24.2 Å². The summed E-state index contributed by atoms with van der Waals surface area (Å²) in [6.45, 7) is 15.5. The summed E-state index contributed by atoms with van der Waals surface area (Å²) in [6, 6.07) is 21.6. The van der Waals surface area contributed by atoms with Crippen LogP contribution in [-0.2, 0) is 5.41 Å². The number of hydrogen-bond donors (Lipinski definition) is 0. The SMILES string of the molecule is CC1CC2C(c3ccc(C(C)(C)C)cc3)CCCC2C1[Si](C)(C)C1CC(c2ccccc2)C2CCCCC21. The third-order valence-electron chi connectivity index (χ3n) is 12.5. The van der Waals surface area contributed by atoms with Gasteiger partial charge in [0.2, 0.25) is 0 Å². The van der Waals surface area contributed by atoms with Crippen LogP contribution in [0, 0.1) is 29.6 Å². The van der Waals surface area contributed by atoms with Gasteiger partial charge in [0.05, 0.1) is 8.07 Å². The molecule has 0 radical (unpaired) electrons. The highest BCUT2D eigenvalue weighted by atomic mass is 28.3. The van der Waals surface area contributed by atoms with Crippen molar-refractivity contribution in [3.63, 3.8) is 0 Å². The molecule has 0 N–H and O–H groups in total. The lowest BCUT2D eigenvalue weighted by Crippen LogP contribution is -2.45. The molecule has 0 bridgehead atoms. The average molecular weight is 527 g/mol. The highest BCUT2D eigenvalue weighted by Crippen LogP contribution is 2.66. The Morgan fingerprint density at radius 3 is 1.95 bits per heavy atom. The molecule has 2 aromatic carbocycles. The molecular weight excluding hydrogens is 472 g/mol. The fourth-order valence-corrected chi connectivity index (χ4v) is 17.0. The summed E-state index contributed by atoms with van der Waals surface area (Å²) in [5.41, 5.74) is 7.08. The monoisotopic (exact) mass is 526 g/mol. The highest BCUT2D eigenvalue weighted by molar-refractivity contribution is 6.80. The van der Waals surface area contributed by atoms with Gasteiger partial charge in [-0.3, -0.25) is 0 Å². The molecule has 4 saturated carbocycles. The topological polar surface area (TPSA) is 0 Å². The van der Waals surface area contributed by atoms with Gasteiger partial charge in [-0.1, -0.05) is 127 Å². The highest BCUT2D eigenvalue weighted by Gasteiger charge is 2.58. The van der Waals surface area contributed by atoms with Crippen LogP contribution in [0.4, 0.5) is 0 Å². The molecule has 4 aliphatic carbocycles. The normalized spacial score (nSPS) is 37.6. The summed E-state index contributed by atoms with van der Waals surface area (Å²) >= 11 is 0. The molecule has 0 nitrogen and oxygen atoms in total. The Bertz CT molecular complexity index is 1080. The van der Waals surface area contributed by atoms with Crippen LogP contribution in [-0.4, -0.2) is 8.07 Å². The molecule has 6 rings (SSSR count). The first-order valence-electron chi connectivity index (χ1n) is 16.3. The van der Waals surface area contributed by atoms with Gasteiger partial charge in [0.15, 0.2) is 0 Å². The van der Waals surface area contributed by atoms with Gasteiger partial charge in [-0.05, 0) is 100 Å². The number of hydrogen-bond acceptors (Lipinski definition) is 0. The van der Waals surface area contributed by atoms with E-state index in [9.17, 15) is 0 Å². The Kier molecular flexibility index (Phi) is 7.24. The van der Waals surface area contributed by atoms with Crippen molar-refractivity contribution in [2.75, 3.05) is 0 Å². The fourth-order valence-electron chi connectivity index (χ4n) is 11.0. The first-order valence-corrected chi connectivity index (χ1v) is 19.5. The lowest BCUT2D eigenvalue weighted by molar-refractivity contribution is 0.232. The minimum Gasteiger partial charge on any atom is -0.0689 e. The maximum atomic E-state index is 2.88. The number of rotatable bonds is 4. The van der Waals surface area contributed by atoms with Crippen molar-refractivity contribution in [1.29, 1.82) is 0 Å². The summed E-state index contributed by atoms with van der Waals surface area (Å²) in [5, 5.41) is 0.